The first-order chi connectivity index (χ1) is 10.2. The molecule has 2 heterocycles. The lowest BCUT2D eigenvalue weighted by molar-refractivity contribution is -0.141. The second-order valence-electron chi connectivity index (χ2n) is 6.34. The van der Waals surface area contributed by atoms with Gasteiger partial charge in [-0.25, -0.2) is 0 Å². The quantitative estimate of drug-likeness (QED) is 0.709. The van der Waals surface area contributed by atoms with Gasteiger partial charge in [-0.3, -0.25) is 14.5 Å². The molecule has 2 fully saturated rings. The van der Waals surface area contributed by atoms with Gasteiger partial charge >= 0.3 is 0 Å². The van der Waals surface area contributed by atoms with Crippen LogP contribution in [0.15, 0.2) is 12.2 Å². The van der Waals surface area contributed by atoms with Crippen molar-refractivity contribution in [3.63, 3.8) is 0 Å². The summed E-state index contributed by atoms with van der Waals surface area (Å²) in [6.45, 7) is 5.80. The summed E-state index contributed by atoms with van der Waals surface area (Å²) in [6, 6.07) is 0.373. The van der Waals surface area contributed by atoms with Crippen LogP contribution in [0.4, 0.5) is 0 Å². The molecule has 0 bridgehead atoms. The Hall–Kier alpha value is -1.36. The zero-order valence-electron chi connectivity index (χ0n) is 12.8. The lowest BCUT2D eigenvalue weighted by Crippen LogP contribution is -2.49. The van der Waals surface area contributed by atoms with Crippen molar-refractivity contribution in [3.8, 4) is 0 Å². The Morgan fingerprint density at radius 2 is 1.86 bits per heavy atom. The summed E-state index contributed by atoms with van der Waals surface area (Å²) in [7, 11) is 0. The molecule has 0 N–H and O–H groups in total. The molecule has 0 aromatic carbocycles. The highest BCUT2D eigenvalue weighted by Gasteiger charge is 2.33. The summed E-state index contributed by atoms with van der Waals surface area (Å²) < 4.78 is 0. The zero-order chi connectivity index (χ0) is 14.8. The molecule has 2 amide bonds. The van der Waals surface area contributed by atoms with Crippen LogP contribution in [0.5, 0.6) is 0 Å². The monoisotopic (exact) mass is 291 g/mol. The van der Waals surface area contributed by atoms with Crippen molar-refractivity contribution in [1.82, 2.24) is 14.7 Å². The Kier molecular flexibility index (Phi) is 4.29. The Balaban J connectivity index is 1.59. The number of hydrogen-bond acceptors (Lipinski definition) is 3. The molecule has 1 atom stereocenters. The van der Waals surface area contributed by atoms with Gasteiger partial charge in [0.15, 0.2) is 0 Å². The first-order valence-electron chi connectivity index (χ1n) is 8.13. The molecule has 5 heteroatoms. The lowest BCUT2D eigenvalue weighted by Gasteiger charge is -2.36. The van der Waals surface area contributed by atoms with Crippen LogP contribution in [0.2, 0.25) is 0 Å². The molecular weight excluding hydrogens is 266 g/mol. The van der Waals surface area contributed by atoms with Gasteiger partial charge in [0.05, 0.1) is 0 Å². The maximum Gasteiger partial charge on any atom is 0.249 e. The fourth-order valence-electron chi connectivity index (χ4n) is 3.52. The van der Waals surface area contributed by atoms with Crippen molar-refractivity contribution in [1.29, 1.82) is 0 Å². The molecule has 116 valence electrons. The van der Waals surface area contributed by atoms with Crippen molar-refractivity contribution >= 4 is 11.8 Å². The maximum atomic E-state index is 12.7. The zero-order valence-corrected chi connectivity index (χ0v) is 12.8. The average Bonchev–Trinajstić information content (AvgIpc) is 2.77. The molecule has 0 unspecified atom stereocenters. The van der Waals surface area contributed by atoms with Gasteiger partial charge in [0, 0.05) is 45.7 Å². The van der Waals surface area contributed by atoms with Crippen LogP contribution in [0.25, 0.3) is 0 Å². The minimum atomic E-state index is -0.377. The number of hydrogen-bond donors (Lipinski definition) is 0. The third-order valence-electron chi connectivity index (χ3n) is 5.05. The second kappa shape index (κ2) is 6.18. The van der Waals surface area contributed by atoms with E-state index in [2.05, 4.69) is 4.90 Å². The molecular formula is C16H25N3O2. The van der Waals surface area contributed by atoms with Crippen LogP contribution in [0.1, 0.15) is 32.6 Å². The van der Waals surface area contributed by atoms with Crippen molar-refractivity contribution in [2.24, 2.45) is 0 Å². The van der Waals surface area contributed by atoms with Gasteiger partial charge in [-0.2, -0.15) is 0 Å². The van der Waals surface area contributed by atoms with Crippen molar-refractivity contribution < 1.29 is 9.59 Å². The van der Waals surface area contributed by atoms with Crippen molar-refractivity contribution in [3.05, 3.63) is 12.2 Å². The van der Waals surface area contributed by atoms with Gasteiger partial charge in [0.1, 0.15) is 6.04 Å². The van der Waals surface area contributed by atoms with E-state index in [9.17, 15) is 9.59 Å². The molecule has 0 aromatic heterocycles. The van der Waals surface area contributed by atoms with Crippen molar-refractivity contribution in [2.45, 2.75) is 44.7 Å². The fraction of sp³-hybridized carbons (Fsp3) is 0.750. The number of amides is 2. The minimum absolute atomic E-state index is 0.0238. The molecule has 2 aliphatic heterocycles. The van der Waals surface area contributed by atoms with Crippen LogP contribution in [0, 0.1) is 0 Å². The molecule has 0 spiro atoms. The topological polar surface area (TPSA) is 43.9 Å². The molecule has 1 saturated heterocycles. The number of rotatable bonds is 2. The summed E-state index contributed by atoms with van der Waals surface area (Å²) >= 11 is 0. The van der Waals surface area contributed by atoms with E-state index in [1.165, 1.54) is 26.2 Å². The number of carbonyl (C=O) groups excluding carboxylic acids is 2. The first kappa shape index (κ1) is 14.6. The highest BCUT2D eigenvalue weighted by atomic mass is 16.2. The largest absolute Gasteiger partial charge is 0.339 e. The van der Waals surface area contributed by atoms with E-state index in [0.29, 0.717) is 6.54 Å². The Morgan fingerprint density at radius 3 is 2.52 bits per heavy atom. The van der Waals surface area contributed by atoms with E-state index in [0.717, 1.165) is 38.6 Å². The average molecular weight is 291 g/mol. The van der Waals surface area contributed by atoms with Crippen molar-refractivity contribution in [2.75, 3.05) is 32.7 Å². The molecule has 3 rings (SSSR count). The predicted molar refractivity (Wildman–Crippen MR) is 80.7 cm³/mol. The molecule has 5 nitrogen and oxygen atoms in total. The fourth-order valence-corrected chi connectivity index (χ4v) is 3.52. The highest BCUT2D eigenvalue weighted by molar-refractivity contribution is 5.89. The number of nitrogens with zero attached hydrogens (tertiary/aromatic N) is 3. The van der Waals surface area contributed by atoms with Crippen LogP contribution < -0.4 is 0 Å². The van der Waals surface area contributed by atoms with E-state index >= 15 is 0 Å². The van der Waals surface area contributed by atoms with Gasteiger partial charge in [-0.1, -0.05) is 18.6 Å². The lowest BCUT2D eigenvalue weighted by atomic mass is 9.91. The van der Waals surface area contributed by atoms with Gasteiger partial charge in [0.2, 0.25) is 11.8 Å². The Bertz CT molecular complexity index is 445. The summed E-state index contributed by atoms with van der Waals surface area (Å²) in [4.78, 5) is 30.4. The summed E-state index contributed by atoms with van der Waals surface area (Å²) in [6.07, 6.45) is 8.82. The van der Waals surface area contributed by atoms with Crippen LogP contribution in [0.3, 0.4) is 0 Å². The summed E-state index contributed by atoms with van der Waals surface area (Å²) in [5.74, 6) is 0.0682. The smallest absolute Gasteiger partial charge is 0.249 e. The summed E-state index contributed by atoms with van der Waals surface area (Å²) in [5.41, 5.74) is 0. The van der Waals surface area contributed by atoms with Gasteiger partial charge in [-0.15, -0.1) is 0 Å². The van der Waals surface area contributed by atoms with E-state index < -0.39 is 0 Å². The predicted octanol–water partition coefficient (Wildman–Crippen LogP) is 0.860. The highest BCUT2D eigenvalue weighted by Crippen LogP contribution is 2.25. The van der Waals surface area contributed by atoms with Gasteiger partial charge in [0.25, 0.3) is 0 Å². The minimum Gasteiger partial charge on any atom is -0.339 e. The third kappa shape index (κ3) is 2.98. The second-order valence-corrected chi connectivity index (χ2v) is 6.34. The van der Waals surface area contributed by atoms with Gasteiger partial charge in [-0.05, 0) is 19.3 Å². The van der Waals surface area contributed by atoms with Gasteiger partial charge < -0.3 is 9.80 Å². The third-order valence-corrected chi connectivity index (χ3v) is 5.05. The molecule has 0 aromatic rings. The normalized spacial score (nSPS) is 27.6. The SMILES string of the molecule is CC(=O)N1CC=C[C@@H]1C(=O)N1CCCN(C2CCC2)CC1. The van der Waals surface area contributed by atoms with Crippen LogP contribution in [-0.4, -0.2) is 71.3 Å². The van der Waals surface area contributed by atoms with E-state index in [1.807, 2.05) is 17.1 Å². The first-order valence-corrected chi connectivity index (χ1v) is 8.13. The molecule has 1 aliphatic carbocycles. The Labute approximate surface area is 126 Å². The molecule has 21 heavy (non-hydrogen) atoms. The standard InChI is InChI=1S/C16H25N3O2/c1-13(20)19-10-3-7-15(19)16(21)18-9-4-8-17(11-12-18)14-5-2-6-14/h3,7,14-15H,2,4-6,8-12H2,1H3/t15-/m1/s1. The molecule has 0 radical (unpaired) electrons. The van der Waals surface area contributed by atoms with E-state index in [1.54, 1.807) is 4.90 Å². The molecule has 1 saturated carbocycles. The van der Waals surface area contributed by atoms with E-state index in [4.69, 9.17) is 0 Å². The number of carbonyl (C=O) groups is 2. The molecule has 3 aliphatic rings. The van der Waals surface area contributed by atoms with Crippen LogP contribution in [-0.2, 0) is 9.59 Å². The summed E-state index contributed by atoms with van der Waals surface area (Å²) in [5, 5.41) is 0. The van der Waals surface area contributed by atoms with E-state index in [-0.39, 0.29) is 17.9 Å². The Morgan fingerprint density at radius 1 is 1.05 bits per heavy atom. The van der Waals surface area contributed by atoms with Crippen LogP contribution >= 0.6 is 0 Å². The maximum absolute atomic E-state index is 12.7.